The molecule has 3 N–H and O–H groups in total. The Morgan fingerprint density at radius 2 is 2.18 bits per heavy atom. The van der Waals surface area contributed by atoms with E-state index < -0.39 is 0 Å². The van der Waals surface area contributed by atoms with Crippen molar-refractivity contribution in [2.24, 2.45) is 5.73 Å². The topological polar surface area (TPSA) is 102 Å². The highest BCUT2D eigenvalue weighted by atomic mass is 32.2. The molecular weight excluding hydrogens is 432 g/mol. The van der Waals surface area contributed by atoms with Gasteiger partial charge in [0.2, 0.25) is 5.91 Å². The molecule has 0 bridgehead atoms. The van der Waals surface area contributed by atoms with Crippen molar-refractivity contribution in [1.82, 2.24) is 15.0 Å². The number of primary amides is 1. The number of nitrogens with two attached hydrogens (primary N) is 1. The van der Waals surface area contributed by atoms with E-state index in [1.165, 1.54) is 34.4 Å². The highest BCUT2D eigenvalue weighted by molar-refractivity contribution is 8.01. The van der Waals surface area contributed by atoms with Gasteiger partial charge in [-0.3, -0.25) is 9.59 Å². The van der Waals surface area contributed by atoms with Crippen LogP contribution < -0.4 is 11.3 Å². The Morgan fingerprint density at radius 3 is 2.89 bits per heavy atom. The van der Waals surface area contributed by atoms with Gasteiger partial charge in [-0.1, -0.05) is 17.8 Å². The van der Waals surface area contributed by atoms with Crippen LogP contribution in [-0.2, 0) is 11.2 Å². The monoisotopic (exact) mass is 448 g/mol. The van der Waals surface area contributed by atoms with E-state index in [0.29, 0.717) is 11.2 Å². The second-order valence-corrected chi connectivity index (χ2v) is 10.6. The molecule has 0 aliphatic rings. The van der Waals surface area contributed by atoms with Gasteiger partial charge in [0.25, 0.3) is 5.56 Å². The molecule has 0 spiro atoms. The van der Waals surface area contributed by atoms with E-state index in [2.05, 4.69) is 15.0 Å². The van der Waals surface area contributed by atoms with Crippen LogP contribution in [0.5, 0.6) is 0 Å². The minimum atomic E-state index is -0.368. The Hall–Kier alpha value is -2.01. The van der Waals surface area contributed by atoms with E-state index in [-0.39, 0.29) is 23.1 Å². The van der Waals surface area contributed by atoms with Crippen LogP contribution in [0.3, 0.4) is 0 Å². The number of thiophene rings is 2. The van der Waals surface area contributed by atoms with Gasteiger partial charge < -0.3 is 10.7 Å². The highest BCUT2D eigenvalue weighted by Crippen LogP contribution is 2.38. The molecule has 1 atom stereocenters. The summed E-state index contributed by atoms with van der Waals surface area (Å²) in [7, 11) is 0. The second kappa shape index (κ2) is 7.78. The van der Waals surface area contributed by atoms with Gasteiger partial charge in [0.05, 0.1) is 22.8 Å². The van der Waals surface area contributed by atoms with E-state index in [4.69, 9.17) is 5.73 Å². The predicted molar refractivity (Wildman–Crippen MR) is 118 cm³/mol. The third-order valence-electron chi connectivity index (χ3n) is 4.12. The zero-order valence-corrected chi connectivity index (χ0v) is 18.3. The number of thiazole rings is 1. The molecule has 1 amide bonds. The zero-order chi connectivity index (χ0) is 19.8. The van der Waals surface area contributed by atoms with Gasteiger partial charge in [-0.15, -0.1) is 34.0 Å². The third kappa shape index (κ3) is 3.77. The number of carbonyl (C=O) groups excluding carboxylic acids is 1. The van der Waals surface area contributed by atoms with E-state index in [9.17, 15) is 9.59 Å². The number of aromatic nitrogens is 3. The minimum Gasteiger partial charge on any atom is -0.369 e. The van der Waals surface area contributed by atoms with Crippen molar-refractivity contribution in [2.75, 3.05) is 0 Å². The third-order valence-corrected chi connectivity index (χ3v) is 8.26. The lowest BCUT2D eigenvalue weighted by molar-refractivity contribution is -0.117. The van der Waals surface area contributed by atoms with Gasteiger partial charge in [0.15, 0.2) is 4.34 Å². The van der Waals surface area contributed by atoms with Gasteiger partial charge in [-0.2, -0.15) is 0 Å². The molecule has 10 heteroatoms. The number of carbonyl (C=O) groups is 1. The number of nitrogens with zero attached hydrogens (tertiary/aromatic N) is 2. The summed E-state index contributed by atoms with van der Waals surface area (Å²) in [4.78, 5) is 38.7. The van der Waals surface area contributed by atoms with Gasteiger partial charge in [0, 0.05) is 20.7 Å². The van der Waals surface area contributed by atoms with Crippen LogP contribution in [0.1, 0.15) is 28.6 Å². The Morgan fingerprint density at radius 1 is 1.36 bits per heavy atom. The van der Waals surface area contributed by atoms with Crippen molar-refractivity contribution >= 4 is 61.9 Å². The van der Waals surface area contributed by atoms with Crippen molar-refractivity contribution in [1.29, 1.82) is 0 Å². The number of thioether (sulfide) groups is 1. The summed E-state index contributed by atoms with van der Waals surface area (Å²) in [5, 5.41) is 4.54. The highest BCUT2D eigenvalue weighted by Gasteiger charge is 2.19. The minimum absolute atomic E-state index is 0.0867. The molecule has 0 unspecified atom stereocenters. The predicted octanol–water partition coefficient (Wildman–Crippen LogP) is 4.36. The van der Waals surface area contributed by atoms with Crippen LogP contribution in [0.4, 0.5) is 0 Å². The lowest BCUT2D eigenvalue weighted by atomic mass is 10.2. The number of amides is 1. The molecule has 0 aliphatic heterocycles. The lowest BCUT2D eigenvalue weighted by Crippen LogP contribution is -2.13. The van der Waals surface area contributed by atoms with E-state index >= 15 is 0 Å². The summed E-state index contributed by atoms with van der Waals surface area (Å²) in [5.74, 6) is 0.249. The Labute approximate surface area is 176 Å². The van der Waals surface area contributed by atoms with Gasteiger partial charge in [-0.05, 0) is 25.3 Å². The fraction of sp³-hybridized carbons (Fsp3) is 0.222. The molecule has 144 valence electrons. The van der Waals surface area contributed by atoms with Crippen molar-refractivity contribution in [2.45, 2.75) is 29.9 Å². The molecule has 28 heavy (non-hydrogen) atoms. The Bertz CT molecular complexity index is 1210. The van der Waals surface area contributed by atoms with Crippen LogP contribution in [0.15, 0.2) is 32.0 Å². The number of fused-ring (bicyclic) bond motifs is 1. The van der Waals surface area contributed by atoms with E-state index in [0.717, 1.165) is 30.2 Å². The number of aryl methyl sites for hydroxylation is 1. The number of H-pyrrole nitrogens is 1. The van der Waals surface area contributed by atoms with Crippen LogP contribution in [0.2, 0.25) is 0 Å². The summed E-state index contributed by atoms with van der Waals surface area (Å²) in [6.45, 7) is 3.85. The van der Waals surface area contributed by atoms with Crippen LogP contribution >= 0.6 is 45.8 Å². The first-order valence-corrected chi connectivity index (χ1v) is 11.8. The molecule has 0 saturated carbocycles. The van der Waals surface area contributed by atoms with Gasteiger partial charge in [-0.25, -0.2) is 9.97 Å². The van der Waals surface area contributed by atoms with Gasteiger partial charge >= 0.3 is 0 Å². The fourth-order valence-electron chi connectivity index (χ4n) is 2.75. The lowest BCUT2D eigenvalue weighted by Gasteiger charge is -2.08. The summed E-state index contributed by atoms with van der Waals surface area (Å²) in [5.41, 5.74) is 6.91. The fourth-order valence-corrected chi connectivity index (χ4v) is 6.97. The molecule has 4 rings (SSSR count). The van der Waals surface area contributed by atoms with Crippen molar-refractivity contribution in [3.63, 3.8) is 0 Å². The molecule has 6 nitrogen and oxygen atoms in total. The van der Waals surface area contributed by atoms with Crippen molar-refractivity contribution in [3.8, 4) is 10.4 Å². The quantitative estimate of drug-likeness (QED) is 0.427. The Kier molecular flexibility index (Phi) is 5.37. The average molecular weight is 449 g/mol. The molecule has 0 fully saturated rings. The van der Waals surface area contributed by atoms with Crippen molar-refractivity contribution in [3.05, 3.63) is 49.6 Å². The normalized spacial score (nSPS) is 12.5. The molecule has 4 aromatic heterocycles. The molecule has 0 radical (unpaired) electrons. The maximum atomic E-state index is 12.8. The first kappa shape index (κ1) is 19.3. The van der Waals surface area contributed by atoms with Gasteiger partial charge in [0.1, 0.15) is 10.7 Å². The summed E-state index contributed by atoms with van der Waals surface area (Å²) >= 11 is 6.05. The molecule has 0 aliphatic carbocycles. The standard InChI is InChI=1S/C18H16N4O2S4/c1-8-12(6-13(19)23)28-18(20-8)27-9(2)15-21-16(24)14-10(7-26-17(14)22-15)11-4-3-5-25-11/h3-5,7,9H,6H2,1-2H3,(H2,19,23)(H,21,22,24)/t9-/m0/s1. The Balaban J connectivity index is 1.62. The maximum absolute atomic E-state index is 12.8. The van der Waals surface area contributed by atoms with Crippen LogP contribution in [-0.4, -0.2) is 20.9 Å². The summed E-state index contributed by atoms with van der Waals surface area (Å²) in [6.07, 6.45) is 0.195. The van der Waals surface area contributed by atoms with E-state index in [1.54, 1.807) is 11.3 Å². The first-order valence-electron chi connectivity index (χ1n) is 8.39. The first-order chi connectivity index (χ1) is 13.4. The molecular formula is C18H16N4O2S4. The largest absolute Gasteiger partial charge is 0.369 e. The van der Waals surface area contributed by atoms with Crippen molar-refractivity contribution < 1.29 is 4.79 Å². The SMILES string of the molecule is Cc1nc(S[C@@H](C)c2nc3scc(-c4cccs4)c3c(=O)[nH]2)sc1CC(N)=O. The second-order valence-electron chi connectivity index (χ2n) is 6.15. The smallest absolute Gasteiger partial charge is 0.260 e. The number of hydrogen-bond donors (Lipinski definition) is 2. The number of hydrogen-bond acceptors (Lipinski definition) is 8. The van der Waals surface area contributed by atoms with Crippen LogP contribution in [0.25, 0.3) is 20.7 Å². The van der Waals surface area contributed by atoms with Crippen LogP contribution in [0, 0.1) is 6.92 Å². The molecule has 0 aromatic carbocycles. The maximum Gasteiger partial charge on any atom is 0.260 e. The molecule has 0 saturated heterocycles. The molecule has 4 heterocycles. The number of aromatic amines is 1. The number of nitrogens with one attached hydrogen (secondary N) is 1. The number of rotatable bonds is 6. The zero-order valence-electron chi connectivity index (χ0n) is 15.0. The molecule has 4 aromatic rings. The average Bonchev–Trinajstić information content (AvgIpc) is 3.35. The van der Waals surface area contributed by atoms with E-state index in [1.807, 2.05) is 36.7 Å². The summed E-state index contributed by atoms with van der Waals surface area (Å²) < 4.78 is 0.828. The summed E-state index contributed by atoms with van der Waals surface area (Å²) in [6, 6.07) is 3.98.